The van der Waals surface area contributed by atoms with Gasteiger partial charge in [-0.2, -0.15) is 5.26 Å². The number of rotatable bonds is 4. The minimum Gasteiger partial charge on any atom is -0.496 e. The van der Waals surface area contributed by atoms with Crippen LogP contribution in [0.2, 0.25) is 0 Å². The zero-order chi connectivity index (χ0) is 18.4. The number of carbonyl (C=O) groups is 1. The first-order chi connectivity index (χ1) is 11.8. The normalized spacial score (nSPS) is 10.7. The Hall–Kier alpha value is -3.00. The van der Waals surface area contributed by atoms with Crippen LogP contribution in [0.5, 0.6) is 5.75 Å². The molecule has 1 N–H and O–H groups in total. The average Bonchev–Trinajstić information content (AvgIpc) is 2.58. The van der Waals surface area contributed by atoms with Crippen molar-refractivity contribution >= 4 is 6.09 Å². The minimum atomic E-state index is -0.531. The smallest absolute Gasteiger partial charge is 0.407 e. The fraction of sp³-hybridized carbons (Fsp3) is 0.300. The lowest BCUT2D eigenvalue weighted by Gasteiger charge is -2.19. The molecule has 2 rings (SSSR count). The molecule has 0 spiro atoms. The third-order valence-electron chi connectivity index (χ3n) is 3.40. The Morgan fingerprint density at radius 2 is 1.96 bits per heavy atom. The summed E-state index contributed by atoms with van der Waals surface area (Å²) < 4.78 is 10.6. The molecule has 0 aromatic heterocycles. The van der Waals surface area contributed by atoms with Gasteiger partial charge in [0.2, 0.25) is 0 Å². The van der Waals surface area contributed by atoms with Gasteiger partial charge in [0, 0.05) is 12.1 Å². The Kier molecular flexibility index (Phi) is 5.66. The van der Waals surface area contributed by atoms with Crippen LogP contribution in [0.15, 0.2) is 42.5 Å². The SMILES string of the molecule is COc1ccc(C#N)cc1-c1cccc(CNC(=O)OC(C)(C)C)c1. The van der Waals surface area contributed by atoms with Crippen LogP contribution in [0, 0.1) is 11.3 Å². The second kappa shape index (κ2) is 7.71. The first-order valence-corrected chi connectivity index (χ1v) is 7.96. The monoisotopic (exact) mass is 338 g/mol. The molecular weight excluding hydrogens is 316 g/mol. The highest BCUT2D eigenvalue weighted by molar-refractivity contribution is 5.73. The van der Waals surface area contributed by atoms with Crippen molar-refractivity contribution in [1.29, 1.82) is 5.26 Å². The number of methoxy groups -OCH3 is 1. The molecule has 5 nitrogen and oxygen atoms in total. The van der Waals surface area contributed by atoms with Crippen LogP contribution in [0.25, 0.3) is 11.1 Å². The van der Waals surface area contributed by atoms with Crippen LogP contribution >= 0.6 is 0 Å². The number of carbonyl (C=O) groups excluding carboxylic acids is 1. The van der Waals surface area contributed by atoms with Crippen LogP contribution in [-0.4, -0.2) is 18.8 Å². The number of nitrogens with zero attached hydrogens (tertiary/aromatic N) is 1. The predicted octanol–water partition coefficient (Wildman–Crippen LogP) is 4.26. The molecule has 130 valence electrons. The highest BCUT2D eigenvalue weighted by atomic mass is 16.6. The highest BCUT2D eigenvalue weighted by Gasteiger charge is 2.15. The molecular formula is C20H22N2O3. The van der Waals surface area contributed by atoms with Crippen LogP contribution in [0.3, 0.4) is 0 Å². The van der Waals surface area contributed by atoms with Gasteiger partial charge in [-0.1, -0.05) is 18.2 Å². The van der Waals surface area contributed by atoms with E-state index in [1.165, 1.54) is 0 Å². The summed E-state index contributed by atoms with van der Waals surface area (Å²) in [5, 5.41) is 11.9. The van der Waals surface area contributed by atoms with E-state index in [0.717, 1.165) is 16.7 Å². The van der Waals surface area contributed by atoms with Gasteiger partial charge in [0.05, 0.1) is 18.7 Å². The van der Waals surface area contributed by atoms with Crippen molar-refractivity contribution in [2.24, 2.45) is 0 Å². The molecule has 0 aliphatic rings. The third-order valence-corrected chi connectivity index (χ3v) is 3.40. The molecule has 5 heteroatoms. The lowest BCUT2D eigenvalue weighted by molar-refractivity contribution is 0.0523. The molecule has 0 radical (unpaired) electrons. The Balaban J connectivity index is 2.20. The van der Waals surface area contributed by atoms with Gasteiger partial charge < -0.3 is 14.8 Å². The maximum atomic E-state index is 11.8. The van der Waals surface area contributed by atoms with Crippen LogP contribution in [0.4, 0.5) is 4.79 Å². The molecule has 0 unspecified atom stereocenters. The number of amides is 1. The van der Waals surface area contributed by atoms with E-state index in [-0.39, 0.29) is 0 Å². The van der Waals surface area contributed by atoms with Crippen molar-refractivity contribution in [3.05, 3.63) is 53.6 Å². The van der Waals surface area contributed by atoms with Crippen molar-refractivity contribution in [2.75, 3.05) is 7.11 Å². The van der Waals surface area contributed by atoms with E-state index in [9.17, 15) is 4.79 Å². The number of hydrogen-bond acceptors (Lipinski definition) is 4. The highest BCUT2D eigenvalue weighted by Crippen LogP contribution is 2.31. The number of ether oxygens (including phenoxy) is 2. The summed E-state index contributed by atoms with van der Waals surface area (Å²) in [6.07, 6.45) is -0.457. The van der Waals surface area contributed by atoms with Gasteiger partial charge in [-0.25, -0.2) is 4.79 Å². The fourth-order valence-corrected chi connectivity index (χ4v) is 2.34. The molecule has 0 fully saturated rings. The van der Waals surface area contributed by atoms with E-state index < -0.39 is 11.7 Å². The van der Waals surface area contributed by atoms with Crippen molar-refractivity contribution in [1.82, 2.24) is 5.32 Å². The van der Waals surface area contributed by atoms with Crippen molar-refractivity contribution in [2.45, 2.75) is 32.9 Å². The first kappa shape index (κ1) is 18.3. The van der Waals surface area contributed by atoms with Gasteiger partial charge in [0.15, 0.2) is 0 Å². The van der Waals surface area contributed by atoms with Crippen molar-refractivity contribution in [3.63, 3.8) is 0 Å². The Bertz CT molecular complexity index is 801. The van der Waals surface area contributed by atoms with Crippen molar-refractivity contribution < 1.29 is 14.3 Å². The zero-order valence-electron chi connectivity index (χ0n) is 14.9. The Morgan fingerprint density at radius 1 is 1.20 bits per heavy atom. The summed E-state index contributed by atoms with van der Waals surface area (Å²) in [5.41, 5.74) is 2.70. The van der Waals surface area contributed by atoms with E-state index in [4.69, 9.17) is 14.7 Å². The van der Waals surface area contributed by atoms with Gasteiger partial charge >= 0.3 is 6.09 Å². The quantitative estimate of drug-likeness (QED) is 0.904. The van der Waals surface area contributed by atoms with Gasteiger partial charge in [0.1, 0.15) is 11.4 Å². The Labute approximate surface area is 148 Å². The van der Waals surface area contributed by atoms with Gasteiger partial charge in [-0.15, -0.1) is 0 Å². The molecule has 1 amide bonds. The van der Waals surface area contributed by atoms with Crippen LogP contribution < -0.4 is 10.1 Å². The summed E-state index contributed by atoms with van der Waals surface area (Å²) in [4.78, 5) is 11.8. The second-order valence-electron chi connectivity index (χ2n) is 6.58. The summed E-state index contributed by atoms with van der Waals surface area (Å²) >= 11 is 0. The summed E-state index contributed by atoms with van der Waals surface area (Å²) in [7, 11) is 1.60. The number of nitriles is 1. The molecule has 0 aliphatic heterocycles. The molecule has 0 bridgehead atoms. The number of nitrogens with one attached hydrogen (secondary N) is 1. The number of benzene rings is 2. The van der Waals surface area contributed by atoms with Gasteiger partial charge in [-0.05, 0) is 56.2 Å². The minimum absolute atomic E-state index is 0.350. The molecule has 0 heterocycles. The molecule has 2 aromatic rings. The Morgan fingerprint density at radius 3 is 2.60 bits per heavy atom. The lowest BCUT2D eigenvalue weighted by atomic mass is 10.00. The number of alkyl carbamates (subject to hydrolysis) is 1. The second-order valence-corrected chi connectivity index (χ2v) is 6.58. The molecule has 0 atom stereocenters. The molecule has 0 saturated carbocycles. The van der Waals surface area contributed by atoms with E-state index in [1.54, 1.807) is 25.3 Å². The standard InChI is InChI=1S/C20H22N2O3/c1-20(2,3)25-19(23)22-13-15-6-5-7-16(10-15)17-11-14(12-21)8-9-18(17)24-4/h5-11H,13H2,1-4H3,(H,22,23). The van der Waals surface area contributed by atoms with E-state index in [0.29, 0.717) is 17.9 Å². The molecule has 0 saturated heterocycles. The van der Waals surface area contributed by atoms with E-state index in [2.05, 4.69) is 11.4 Å². The molecule has 2 aromatic carbocycles. The largest absolute Gasteiger partial charge is 0.496 e. The van der Waals surface area contributed by atoms with Gasteiger partial charge in [0.25, 0.3) is 0 Å². The average molecular weight is 338 g/mol. The summed E-state index contributed by atoms with van der Waals surface area (Å²) in [5.74, 6) is 0.691. The summed E-state index contributed by atoms with van der Waals surface area (Å²) in [6, 6.07) is 15.1. The van der Waals surface area contributed by atoms with Crippen molar-refractivity contribution in [3.8, 4) is 22.9 Å². The van der Waals surface area contributed by atoms with E-state index >= 15 is 0 Å². The third kappa shape index (κ3) is 5.25. The maximum absolute atomic E-state index is 11.8. The topological polar surface area (TPSA) is 71.3 Å². The fourth-order valence-electron chi connectivity index (χ4n) is 2.34. The van der Waals surface area contributed by atoms with Crippen LogP contribution in [-0.2, 0) is 11.3 Å². The molecule has 25 heavy (non-hydrogen) atoms. The van der Waals surface area contributed by atoms with E-state index in [1.807, 2.05) is 45.0 Å². The number of hydrogen-bond donors (Lipinski definition) is 1. The van der Waals surface area contributed by atoms with Gasteiger partial charge in [-0.3, -0.25) is 0 Å². The van der Waals surface area contributed by atoms with Crippen LogP contribution in [0.1, 0.15) is 31.9 Å². The predicted molar refractivity (Wildman–Crippen MR) is 96.2 cm³/mol. The summed E-state index contributed by atoms with van der Waals surface area (Å²) in [6.45, 7) is 5.81. The maximum Gasteiger partial charge on any atom is 0.407 e. The lowest BCUT2D eigenvalue weighted by Crippen LogP contribution is -2.32. The molecule has 0 aliphatic carbocycles. The first-order valence-electron chi connectivity index (χ1n) is 7.96. The zero-order valence-corrected chi connectivity index (χ0v) is 14.9.